The van der Waals surface area contributed by atoms with Gasteiger partial charge in [-0.3, -0.25) is 9.59 Å². The van der Waals surface area contributed by atoms with Gasteiger partial charge in [0.25, 0.3) is 0 Å². The molecule has 2 N–H and O–H groups in total. The van der Waals surface area contributed by atoms with Crippen LogP contribution in [-0.2, 0) is 9.59 Å². The van der Waals surface area contributed by atoms with Crippen molar-refractivity contribution in [2.24, 2.45) is 10.2 Å². The summed E-state index contributed by atoms with van der Waals surface area (Å²) in [5, 5.41) is 7.43. The van der Waals surface area contributed by atoms with E-state index < -0.39 is 11.6 Å². The van der Waals surface area contributed by atoms with Crippen molar-refractivity contribution in [3.05, 3.63) is 71.3 Å². The van der Waals surface area contributed by atoms with Crippen LogP contribution >= 0.6 is 11.8 Å². The first-order valence-corrected chi connectivity index (χ1v) is 9.92. The number of rotatable bonds is 10. The Kier molecular flexibility index (Phi) is 9.50. The molecule has 0 bridgehead atoms. The quantitative estimate of drug-likeness (QED) is 0.353. The molecular weight excluding hydrogens is 398 g/mol. The summed E-state index contributed by atoms with van der Waals surface area (Å²) in [4.78, 5) is 23.3. The Labute approximate surface area is 171 Å². The average molecular weight is 418 g/mol. The molecule has 9 heteroatoms. The van der Waals surface area contributed by atoms with Gasteiger partial charge in [0.05, 0.1) is 12.4 Å². The standard InChI is InChI=1S/C20H20F2N4O2S/c21-17-7-3-1-5-15(17)13-23-25-19(27)9-11-29-12-10-20(28)26-24-14-16-6-2-4-8-18(16)22/h1-8,13-14H,9-12H2,(H,25,27)(H,26,28)/b23-13+,24-14+. The number of carbonyl (C=O) groups excluding carboxylic acids is 2. The van der Waals surface area contributed by atoms with Crippen LogP contribution in [0.15, 0.2) is 58.7 Å². The summed E-state index contributed by atoms with van der Waals surface area (Å²) < 4.78 is 26.8. The van der Waals surface area contributed by atoms with Crippen molar-refractivity contribution in [1.82, 2.24) is 10.9 Å². The van der Waals surface area contributed by atoms with E-state index in [1.54, 1.807) is 36.4 Å². The molecule has 0 aliphatic heterocycles. The first-order valence-electron chi connectivity index (χ1n) is 8.77. The molecule has 0 aromatic heterocycles. The van der Waals surface area contributed by atoms with E-state index in [9.17, 15) is 18.4 Å². The van der Waals surface area contributed by atoms with Crippen molar-refractivity contribution >= 4 is 36.0 Å². The molecule has 6 nitrogen and oxygen atoms in total. The fourth-order valence-corrected chi connectivity index (χ4v) is 2.91. The van der Waals surface area contributed by atoms with E-state index in [2.05, 4.69) is 21.1 Å². The second-order valence-corrected chi connectivity index (χ2v) is 6.97. The van der Waals surface area contributed by atoms with Crippen molar-refractivity contribution in [2.75, 3.05) is 11.5 Å². The van der Waals surface area contributed by atoms with Gasteiger partial charge in [0.1, 0.15) is 11.6 Å². The van der Waals surface area contributed by atoms with Gasteiger partial charge in [0.15, 0.2) is 0 Å². The van der Waals surface area contributed by atoms with E-state index in [0.29, 0.717) is 11.5 Å². The molecule has 2 rings (SSSR count). The smallest absolute Gasteiger partial charge is 0.240 e. The monoisotopic (exact) mass is 418 g/mol. The molecule has 0 saturated carbocycles. The lowest BCUT2D eigenvalue weighted by Gasteiger charge is -2.02. The Morgan fingerprint density at radius 2 is 1.21 bits per heavy atom. The summed E-state index contributed by atoms with van der Waals surface area (Å²) in [7, 11) is 0. The molecule has 0 aliphatic carbocycles. The Bertz CT molecular complexity index is 819. The maximum Gasteiger partial charge on any atom is 0.240 e. The predicted octanol–water partition coefficient (Wildman–Crippen LogP) is 3.08. The maximum atomic E-state index is 13.4. The van der Waals surface area contributed by atoms with Crippen LogP contribution in [0.3, 0.4) is 0 Å². The summed E-state index contributed by atoms with van der Waals surface area (Å²) >= 11 is 1.43. The van der Waals surface area contributed by atoms with Gasteiger partial charge in [-0.1, -0.05) is 36.4 Å². The topological polar surface area (TPSA) is 82.9 Å². The highest BCUT2D eigenvalue weighted by Crippen LogP contribution is 2.06. The predicted molar refractivity (Wildman–Crippen MR) is 111 cm³/mol. The first-order chi connectivity index (χ1) is 14.1. The third-order valence-electron chi connectivity index (χ3n) is 3.54. The van der Waals surface area contributed by atoms with Crippen molar-refractivity contribution in [2.45, 2.75) is 12.8 Å². The van der Waals surface area contributed by atoms with Crippen LogP contribution in [0.1, 0.15) is 24.0 Å². The number of thioether (sulfide) groups is 1. The van der Waals surface area contributed by atoms with Crippen LogP contribution < -0.4 is 10.9 Å². The van der Waals surface area contributed by atoms with Gasteiger partial charge in [-0.2, -0.15) is 22.0 Å². The molecule has 2 aromatic carbocycles. The van der Waals surface area contributed by atoms with E-state index in [1.807, 2.05) is 0 Å². The molecule has 29 heavy (non-hydrogen) atoms. The summed E-state index contributed by atoms with van der Waals surface area (Å²) in [6.45, 7) is 0. The minimum atomic E-state index is -0.419. The molecular formula is C20H20F2N4O2S. The van der Waals surface area contributed by atoms with Crippen LogP contribution in [0.5, 0.6) is 0 Å². The van der Waals surface area contributed by atoms with Crippen molar-refractivity contribution in [3.63, 3.8) is 0 Å². The Morgan fingerprint density at radius 1 is 0.793 bits per heavy atom. The van der Waals surface area contributed by atoms with Gasteiger partial charge in [0.2, 0.25) is 11.8 Å². The number of benzene rings is 2. The zero-order valence-electron chi connectivity index (χ0n) is 15.5. The summed E-state index contributed by atoms with van der Waals surface area (Å²) in [5.41, 5.74) is 5.22. The highest BCUT2D eigenvalue weighted by atomic mass is 32.2. The van der Waals surface area contributed by atoms with Gasteiger partial charge in [-0.15, -0.1) is 0 Å². The van der Waals surface area contributed by atoms with Crippen LogP contribution in [0.2, 0.25) is 0 Å². The van der Waals surface area contributed by atoms with E-state index >= 15 is 0 Å². The highest BCUT2D eigenvalue weighted by molar-refractivity contribution is 7.99. The number of hydrogen-bond donors (Lipinski definition) is 2. The van der Waals surface area contributed by atoms with Gasteiger partial charge in [-0.05, 0) is 12.1 Å². The maximum absolute atomic E-state index is 13.4. The van der Waals surface area contributed by atoms with Crippen LogP contribution in [0.4, 0.5) is 8.78 Å². The second kappa shape index (κ2) is 12.4. The SMILES string of the molecule is O=C(CCSCCC(=O)N/N=C/c1ccccc1F)N/N=C/c1ccccc1F. The van der Waals surface area contributed by atoms with E-state index in [-0.39, 0.29) is 35.8 Å². The average Bonchev–Trinajstić information content (AvgIpc) is 2.70. The van der Waals surface area contributed by atoms with Gasteiger partial charge < -0.3 is 0 Å². The molecule has 2 aromatic rings. The first kappa shape index (κ1) is 22.2. The fourth-order valence-electron chi connectivity index (χ4n) is 2.05. The Morgan fingerprint density at radius 3 is 1.62 bits per heavy atom. The van der Waals surface area contributed by atoms with Gasteiger partial charge in [0, 0.05) is 35.5 Å². The number of amides is 2. The number of carbonyl (C=O) groups is 2. The second-order valence-electron chi connectivity index (χ2n) is 5.74. The van der Waals surface area contributed by atoms with Crippen molar-refractivity contribution in [1.29, 1.82) is 0 Å². The normalized spacial score (nSPS) is 11.1. The lowest BCUT2D eigenvalue weighted by atomic mass is 10.2. The lowest BCUT2D eigenvalue weighted by Crippen LogP contribution is -2.19. The summed E-state index contributed by atoms with van der Waals surface area (Å²) in [5.74, 6) is -0.428. The van der Waals surface area contributed by atoms with E-state index in [1.165, 1.54) is 36.3 Å². The third kappa shape index (κ3) is 8.65. The Balaban J connectivity index is 1.56. The number of halogens is 2. The molecule has 0 radical (unpaired) electrons. The van der Waals surface area contributed by atoms with Crippen molar-refractivity contribution in [3.8, 4) is 0 Å². The number of hydrogen-bond acceptors (Lipinski definition) is 5. The fraction of sp³-hybridized carbons (Fsp3) is 0.200. The molecule has 2 amide bonds. The van der Waals surface area contributed by atoms with Crippen LogP contribution in [0.25, 0.3) is 0 Å². The van der Waals surface area contributed by atoms with Crippen LogP contribution in [-0.4, -0.2) is 35.7 Å². The Hall–Kier alpha value is -3.07. The van der Waals surface area contributed by atoms with Crippen LogP contribution in [0, 0.1) is 11.6 Å². The van der Waals surface area contributed by atoms with E-state index in [4.69, 9.17) is 0 Å². The number of hydrazone groups is 2. The molecule has 0 unspecified atom stereocenters. The zero-order chi connectivity index (χ0) is 20.9. The summed E-state index contributed by atoms with van der Waals surface area (Å²) in [6.07, 6.45) is 2.91. The van der Waals surface area contributed by atoms with E-state index in [0.717, 1.165) is 0 Å². The molecule has 0 aliphatic rings. The molecule has 0 fully saturated rings. The zero-order valence-corrected chi connectivity index (χ0v) is 16.3. The minimum Gasteiger partial charge on any atom is -0.273 e. The van der Waals surface area contributed by atoms with Gasteiger partial charge >= 0.3 is 0 Å². The molecule has 0 spiro atoms. The molecule has 0 atom stereocenters. The highest BCUT2D eigenvalue weighted by Gasteiger charge is 2.03. The minimum absolute atomic E-state index is 0.215. The third-order valence-corrected chi connectivity index (χ3v) is 4.53. The van der Waals surface area contributed by atoms with Gasteiger partial charge in [-0.25, -0.2) is 19.6 Å². The van der Waals surface area contributed by atoms with Crippen molar-refractivity contribution < 1.29 is 18.4 Å². The molecule has 152 valence electrons. The number of nitrogens with one attached hydrogen (secondary N) is 2. The molecule has 0 heterocycles. The largest absolute Gasteiger partial charge is 0.273 e. The molecule has 0 saturated heterocycles. The number of nitrogens with zero attached hydrogens (tertiary/aromatic N) is 2. The summed E-state index contributed by atoms with van der Waals surface area (Å²) in [6, 6.07) is 12.2. The lowest BCUT2D eigenvalue weighted by molar-refractivity contribution is -0.121.